The van der Waals surface area contributed by atoms with Gasteiger partial charge in [0.1, 0.15) is 0 Å². The van der Waals surface area contributed by atoms with Gasteiger partial charge in [-0.15, -0.1) is 11.3 Å². The van der Waals surface area contributed by atoms with Crippen LogP contribution in [0.15, 0.2) is 10.9 Å². The highest BCUT2D eigenvalue weighted by molar-refractivity contribution is 7.07. The molecule has 4 heteroatoms. The molecule has 16 heavy (non-hydrogen) atoms. The van der Waals surface area contributed by atoms with Gasteiger partial charge >= 0.3 is 0 Å². The molecule has 0 spiro atoms. The first-order valence-electron chi connectivity index (χ1n) is 6.10. The van der Waals surface area contributed by atoms with E-state index in [-0.39, 0.29) is 0 Å². The van der Waals surface area contributed by atoms with E-state index in [1.807, 2.05) is 5.51 Å². The van der Waals surface area contributed by atoms with Crippen molar-refractivity contribution in [1.82, 2.24) is 10.3 Å². The molecule has 0 unspecified atom stereocenters. The lowest BCUT2D eigenvalue weighted by molar-refractivity contribution is 0.0101. The summed E-state index contributed by atoms with van der Waals surface area (Å²) < 4.78 is 5.87. The Morgan fingerprint density at radius 3 is 2.88 bits per heavy atom. The van der Waals surface area contributed by atoms with Crippen LogP contribution in [0.3, 0.4) is 0 Å². The zero-order valence-corrected chi connectivity index (χ0v) is 10.6. The fraction of sp³-hybridized carbons (Fsp3) is 0.750. The highest BCUT2D eigenvalue weighted by atomic mass is 32.1. The van der Waals surface area contributed by atoms with Gasteiger partial charge in [-0.25, -0.2) is 4.98 Å². The molecule has 0 atom stereocenters. The van der Waals surface area contributed by atoms with Crippen molar-refractivity contribution in [2.24, 2.45) is 0 Å². The summed E-state index contributed by atoms with van der Waals surface area (Å²) >= 11 is 1.63. The van der Waals surface area contributed by atoms with Crippen molar-refractivity contribution in [3.63, 3.8) is 0 Å². The molecule has 3 nitrogen and oxygen atoms in total. The number of hydrogen-bond donors (Lipinski definition) is 1. The van der Waals surface area contributed by atoms with Crippen LogP contribution in [0.4, 0.5) is 0 Å². The first-order chi connectivity index (χ1) is 7.88. The van der Waals surface area contributed by atoms with Gasteiger partial charge in [-0.1, -0.05) is 6.92 Å². The summed E-state index contributed by atoms with van der Waals surface area (Å²) in [6.07, 6.45) is 5.30. The molecule has 1 aromatic heterocycles. The third-order valence-corrected chi connectivity index (χ3v) is 3.75. The van der Waals surface area contributed by atoms with E-state index in [0.29, 0.717) is 18.8 Å². The molecule has 1 aromatic rings. The Morgan fingerprint density at radius 2 is 2.25 bits per heavy atom. The molecule has 0 aromatic carbocycles. The van der Waals surface area contributed by atoms with E-state index in [9.17, 15) is 0 Å². The van der Waals surface area contributed by atoms with Gasteiger partial charge < -0.3 is 10.1 Å². The molecule has 0 aliphatic heterocycles. The van der Waals surface area contributed by atoms with Gasteiger partial charge in [0, 0.05) is 11.4 Å². The number of ether oxygens (including phenoxy) is 1. The van der Waals surface area contributed by atoms with Crippen LogP contribution in [0, 0.1) is 0 Å². The van der Waals surface area contributed by atoms with Crippen LogP contribution in [0.2, 0.25) is 0 Å². The molecule has 0 amide bonds. The van der Waals surface area contributed by atoms with E-state index in [4.69, 9.17) is 4.74 Å². The summed E-state index contributed by atoms with van der Waals surface area (Å²) in [5, 5.41) is 5.57. The Kier molecular flexibility index (Phi) is 4.75. The van der Waals surface area contributed by atoms with Crippen LogP contribution in [0.1, 0.15) is 38.3 Å². The standard InChI is InChI=1S/C12H20N2OS/c1-2-13-10-3-5-12(6-4-10)15-7-11-8-16-9-14-11/h8-10,12-13H,2-7H2,1H3. The summed E-state index contributed by atoms with van der Waals surface area (Å²) in [6.45, 7) is 3.93. The molecule has 1 aliphatic rings. The minimum atomic E-state index is 0.441. The Bertz CT molecular complexity index is 281. The number of thiazole rings is 1. The van der Waals surface area contributed by atoms with E-state index >= 15 is 0 Å². The number of aromatic nitrogens is 1. The topological polar surface area (TPSA) is 34.1 Å². The number of rotatable bonds is 5. The van der Waals surface area contributed by atoms with Crippen molar-refractivity contribution in [3.8, 4) is 0 Å². The van der Waals surface area contributed by atoms with E-state index in [1.54, 1.807) is 11.3 Å². The molecule has 0 bridgehead atoms. The average molecular weight is 240 g/mol. The molecular weight excluding hydrogens is 220 g/mol. The lowest BCUT2D eigenvalue weighted by Crippen LogP contribution is -2.35. The minimum absolute atomic E-state index is 0.441. The van der Waals surface area contributed by atoms with E-state index in [2.05, 4.69) is 22.6 Å². The summed E-state index contributed by atoms with van der Waals surface area (Å²) in [6, 6.07) is 0.712. The monoisotopic (exact) mass is 240 g/mol. The van der Waals surface area contributed by atoms with Crippen LogP contribution in [0.25, 0.3) is 0 Å². The van der Waals surface area contributed by atoms with Crippen molar-refractivity contribution in [3.05, 3.63) is 16.6 Å². The fourth-order valence-corrected chi connectivity index (χ4v) is 2.78. The maximum absolute atomic E-state index is 5.87. The largest absolute Gasteiger partial charge is 0.372 e. The lowest BCUT2D eigenvalue weighted by Gasteiger charge is -2.28. The van der Waals surface area contributed by atoms with Crippen molar-refractivity contribution >= 4 is 11.3 Å². The molecule has 1 saturated carbocycles. The predicted molar refractivity (Wildman–Crippen MR) is 66.6 cm³/mol. The smallest absolute Gasteiger partial charge is 0.0900 e. The van der Waals surface area contributed by atoms with E-state index in [0.717, 1.165) is 12.2 Å². The summed E-state index contributed by atoms with van der Waals surface area (Å²) in [5.74, 6) is 0. The van der Waals surface area contributed by atoms with Crippen LogP contribution in [-0.2, 0) is 11.3 Å². The predicted octanol–water partition coefficient (Wildman–Crippen LogP) is 2.58. The molecule has 0 radical (unpaired) electrons. The maximum atomic E-state index is 5.87. The molecule has 1 aliphatic carbocycles. The molecule has 0 saturated heterocycles. The van der Waals surface area contributed by atoms with E-state index in [1.165, 1.54) is 25.7 Å². The zero-order valence-electron chi connectivity index (χ0n) is 9.82. The summed E-state index contributed by atoms with van der Waals surface area (Å²) in [7, 11) is 0. The summed E-state index contributed by atoms with van der Waals surface area (Å²) in [5.41, 5.74) is 2.93. The number of nitrogens with one attached hydrogen (secondary N) is 1. The number of hydrogen-bond acceptors (Lipinski definition) is 4. The molecule has 1 N–H and O–H groups in total. The Morgan fingerprint density at radius 1 is 1.44 bits per heavy atom. The second-order valence-corrected chi connectivity index (χ2v) is 5.04. The molecule has 1 heterocycles. The summed E-state index contributed by atoms with van der Waals surface area (Å²) in [4.78, 5) is 4.23. The Labute approximate surface area is 101 Å². The van der Waals surface area contributed by atoms with Crippen LogP contribution < -0.4 is 5.32 Å². The number of nitrogens with zero attached hydrogens (tertiary/aromatic N) is 1. The average Bonchev–Trinajstić information content (AvgIpc) is 2.82. The molecule has 2 rings (SSSR count). The highest BCUT2D eigenvalue weighted by Crippen LogP contribution is 2.22. The fourth-order valence-electron chi connectivity index (χ4n) is 2.23. The zero-order chi connectivity index (χ0) is 11.2. The minimum Gasteiger partial charge on any atom is -0.372 e. The third kappa shape index (κ3) is 3.54. The molecule has 1 fully saturated rings. The maximum Gasteiger partial charge on any atom is 0.0900 e. The molecular formula is C12H20N2OS. The first-order valence-corrected chi connectivity index (χ1v) is 7.04. The van der Waals surface area contributed by atoms with E-state index < -0.39 is 0 Å². The van der Waals surface area contributed by atoms with Crippen molar-refractivity contribution in [1.29, 1.82) is 0 Å². The second kappa shape index (κ2) is 6.33. The van der Waals surface area contributed by atoms with Gasteiger partial charge in [-0.2, -0.15) is 0 Å². The highest BCUT2D eigenvalue weighted by Gasteiger charge is 2.20. The van der Waals surface area contributed by atoms with Crippen molar-refractivity contribution in [2.45, 2.75) is 51.4 Å². The normalized spacial score (nSPS) is 25.8. The van der Waals surface area contributed by atoms with Gasteiger partial charge in [-0.3, -0.25) is 0 Å². The quantitative estimate of drug-likeness (QED) is 0.859. The van der Waals surface area contributed by atoms with Crippen molar-refractivity contribution in [2.75, 3.05) is 6.54 Å². The SMILES string of the molecule is CCNC1CCC(OCc2cscn2)CC1. The second-order valence-electron chi connectivity index (χ2n) is 4.32. The molecule has 90 valence electrons. The third-order valence-electron chi connectivity index (χ3n) is 3.12. The van der Waals surface area contributed by atoms with Gasteiger partial charge in [0.15, 0.2) is 0 Å². The van der Waals surface area contributed by atoms with Gasteiger partial charge in [0.25, 0.3) is 0 Å². The van der Waals surface area contributed by atoms with Crippen LogP contribution in [-0.4, -0.2) is 23.7 Å². The van der Waals surface area contributed by atoms with Gasteiger partial charge in [-0.05, 0) is 32.2 Å². The van der Waals surface area contributed by atoms with Gasteiger partial charge in [0.2, 0.25) is 0 Å². The van der Waals surface area contributed by atoms with Crippen LogP contribution >= 0.6 is 11.3 Å². The Balaban J connectivity index is 1.65. The van der Waals surface area contributed by atoms with Crippen molar-refractivity contribution < 1.29 is 4.74 Å². The Hall–Kier alpha value is -0.450. The van der Waals surface area contributed by atoms with Crippen LogP contribution in [0.5, 0.6) is 0 Å². The van der Waals surface area contributed by atoms with Gasteiger partial charge in [0.05, 0.1) is 23.9 Å². The first kappa shape index (κ1) is 12.0. The lowest BCUT2D eigenvalue weighted by atomic mass is 9.93.